The third kappa shape index (κ3) is 3.37. The molecule has 2 unspecified atom stereocenters. The number of rotatable bonds is 7. The van der Waals surface area contributed by atoms with Crippen LogP contribution < -0.4 is 5.32 Å². The molecule has 0 aliphatic carbocycles. The summed E-state index contributed by atoms with van der Waals surface area (Å²) in [5.41, 5.74) is 2.39. The number of alkyl halides is 1. The molecule has 1 amide bonds. The number of carbonyl (C=O) groups is 1. The van der Waals surface area contributed by atoms with Crippen molar-refractivity contribution in [2.45, 2.75) is 17.2 Å². The summed E-state index contributed by atoms with van der Waals surface area (Å²) < 4.78 is 0. The first-order valence-corrected chi connectivity index (χ1v) is 8.26. The Balaban J connectivity index is 2.69. The van der Waals surface area contributed by atoms with E-state index in [1.165, 1.54) is 0 Å². The van der Waals surface area contributed by atoms with Gasteiger partial charge in [0.15, 0.2) is 4.87 Å². The van der Waals surface area contributed by atoms with Crippen molar-refractivity contribution in [3.8, 4) is 0 Å². The molecule has 0 saturated heterocycles. The van der Waals surface area contributed by atoms with Gasteiger partial charge in [-0.1, -0.05) is 67.3 Å². The zero-order valence-electron chi connectivity index (χ0n) is 13.7. The summed E-state index contributed by atoms with van der Waals surface area (Å²) >= 11 is 7.01. The van der Waals surface area contributed by atoms with Crippen LogP contribution in [0.5, 0.6) is 0 Å². The minimum absolute atomic E-state index is 0.0682. The van der Waals surface area contributed by atoms with E-state index in [2.05, 4.69) is 11.9 Å². The number of halogens is 1. The minimum atomic E-state index is -1.34. The first kappa shape index (κ1) is 18.2. The fourth-order valence-electron chi connectivity index (χ4n) is 3.07. The van der Waals surface area contributed by atoms with Crippen molar-refractivity contribution < 1.29 is 9.90 Å². The second kappa shape index (κ2) is 8.13. The average Bonchev–Trinajstić information content (AvgIpc) is 2.65. The molecule has 3 nitrogen and oxygen atoms in total. The van der Waals surface area contributed by atoms with Gasteiger partial charge in [0.1, 0.15) is 0 Å². The summed E-state index contributed by atoms with van der Waals surface area (Å²) in [6.07, 6.45) is 2.06. The van der Waals surface area contributed by atoms with Crippen molar-refractivity contribution in [2.75, 3.05) is 13.7 Å². The quantitative estimate of drug-likeness (QED) is 0.753. The number of hydrogen-bond donors (Lipinski definition) is 2. The Morgan fingerprint density at radius 3 is 2.46 bits per heavy atom. The Hall–Kier alpha value is -2.10. The molecule has 0 bridgehead atoms. The van der Waals surface area contributed by atoms with Crippen molar-refractivity contribution in [3.05, 3.63) is 77.9 Å². The number of benzene rings is 2. The summed E-state index contributed by atoms with van der Waals surface area (Å²) in [5, 5.41) is 12.3. The third-order valence-corrected chi connectivity index (χ3v) is 4.87. The molecule has 0 aliphatic rings. The molecule has 0 spiro atoms. The van der Waals surface area contributed by atoms with Gasteiger partial charge in [0, 0.05) is 19.6 Å². The van der Waals surface area contributed by atoms with Crippen LogP contribution in [0.3, 0.4) is 0 Å². The third-order valence-electron chi connectivity index (χ3n) is 4.23. The molecule has 0 heterocycles. The molecular formula is C20H22ClNO2. The zero-order valence-corrected chi connectivity index (χ0v) is 14.5. The molecule has 2 N–H and O–H groups in total. The number of aliphatic hydroxyl groups is 1. The average molecular weight is 344 g/mol. The summed E-state index contributed by atoms with van der Waals surface area (Å²) in [6.45, 7) is 3.76. The summed E-state index contributed by atoms with van der Waals surface area (Å²) in [5.74, 6) is -0.688. The van der Waals surface area contributed by atoms with Gasteiger partial charge in [-0.25, -0.2) is 0 Å². The fraction of sp³-hybridized carbons (Fsp3) is 0.250. The lowest BCUT2D eigenvalue weighted by Crippen LogP contribution is -2.44. The molecule has 2 aromatic carbocycles. The minimum Gasteiger partial charge on any atom is -0.396 e. The second-order valence-corrected chi connectivity index (χ2v) is 6.15. The summed E-state index contributed by atoms with van der Waals surface area (Å²) in [6, 6.07) is 17.0. The predicted octanol–water partition coefficient (Wildman–Crippen LogP) is 3.68. The Kier molecular flexibility index (Phi) is 6.18. The van der Waals surface area contributed by atoms with Gasteiger partial charge in [-0.05, 0) is 23.1 Å². The highest BCUT2D eigenvalue weighted by molar-refractivity contribution is 6.35. The SMILES string of the molecule is C=Cc1ccccc1C(Cl)(C(=O)NC)C(CCO)c1ccccc1. The van der Waals surface area contributed by atoms with E-state index in [1.807, 2.05) is 54.6 Å². The van der Waals surface area contributed by atoms with Crippen molar-refractivity contribution in [1.29, 1.82) is 0 Å². The maximum absolute atomic E-state index is 12.8. The molecule has 0 radical (unpaired) electrons. The van der Waals surface area contributed by atoms with Gasteiger partial charge in [0.25, 0.3) is 0 Å². The number of amides is 1. The largest absolute Gasteiger partial charge is 0.396 e. The molecule has 2 aromatic rings. The topological polar surface area (TPSA) is 49.3 Å². The van der Waals surface area contributed by atoms with Gasteiger partial charge in [-0.2, -0.15) is 0 Å². The van der Waals surface area contributed by atoms with Crippen LogP contribution in [0.2, 0.25) is 0 Å². The van der Waals surface area contributed by atoms with E-state index in [4.69, 9.17) is 11.6 Å². The van der Waals surface area contributed by atoms with Gasteiger partial charge >= 0.3 is 0 Å². The van der Waals surface area contributed by atoms with Crippen molar-refractivity contribution in [1.82, 2.24) is 5.32 Å². The Labute approximate surface area is 148 Å². The smallest absolute Gasteiger partial charge is 0.246 e. The van der Waals surface area contributed by atoms with E-state index < -0.39 is 4.87 Å². The maximum Gasteiger partial charge on any atom is 0.246 e. The van der Waals surface area contributed by atoms with Crippen LogP contribution in [0.4, 0.5) is 0 Å². The van der Waals surface area contributed by atoms with E-state index in [0.717, 1.165) is 11.1 Å². The van der Waals surface area contributed by atoms with Gasteiger partial charge < -0.3 is 10.4 Å². The van der Waals surface area contributed by atoms with Crippen LogP contribution in [0, 0.1) is 0 Å². The second-order valence-electron chi connectivity index (χ2n) is 5.56. The molecule has 2 atom stereocenters. The van der Waals surface area contributed by atoms with Crippen LogP contribution in [0.15, 0.2) is 61.2 Å². The molecule has 0 aromatic heterocycles. The van der Waals surface area contributed by atoms with Crippen LogP contribution in [0.1, 0.15) is 29.0 Å². The zero-order chi connectivity index (χ0) is 17.6. The number of nitrogens with one attached hydrogen (secondary N) is 1. The molecule has 4 heteroatoms. The fourth-order valence-corrected chi connectivity index (χ4v) is 3.57. The molecule has 126 valence electrons. The lowest BCUT2D eigenvalue weighted by atomic mass is 9.76. The molecule has 2 rings (SSSR count). The lowest BCUT2D eigenvalue weighted by Gasteiger charge is -2.35. The van der Waals surface area contributed by atoms with Crippen molar-refractivity contribution >= 4 is 23.6 Å². The molecule has 0 saturated carbocycles. The molecular weight excluding hydrogens is 322 g/mol. The standard InChI is InChI=1S/C20H22ClNO2/c1-3-15-9-7-8-12-17(15)20(21,19(24)22-2)18(13-14-23)16-10-5-4-6-11-16/h3-12,18,23H,1,13-14H2,2H3,(H,22,24). The first-order chi connectivity index (χ1) is 11.6. The van der Waals surface area contributed by atoms with Gasteiger partial charge in [0.2, 0.25) is 5.91 Å². The monoisotopic (exact) mass is 343 g/mol. The summed E-state index contributed by atoms with van der Waals surface area (Å²) in [4.78, 5) is 11.5. The van der Waals surface area contributed by atoms with E-state index in [-0.39, 0.29) is 18.4 Å². The van der Waals surface area contributed by atoms with E-state index >= 15 is 0 Å². The highest BCUT2D eigenvalue weighted by atomic mass is 35.5. The lowest BCUT2D eigenvalue weighted by molar-refractivity contribution is -0.124. The molecule has 0 aliphatic heterocycles. The number of aliphatic hydroxyl groups excluding tert-OH is 1. The number of likely N-dealkylation sites (N-methyl/N-ethyl adjacent to an activating group) is 1. The van der Waals surface area contributed by atoms with E-state index in [0.29, 0.717) is 12.0 Å². The van der Waals surface area contributed by atoms with Crippen LogP contribution >= 0.6 is 11.6 Å². The summed E-state index contributed by atoms with van der Waals surface area (Å²) in [7, 11) is 1.57. The van der Waals surface area contributed by atoms with Crippen LogP contribution in [-0.2, 0) is 9.67 Å². The number of carbonyl (C=O) groups excluding carboxylic acids is 1. The van der Waals surface area contributed by atoms with E-state index in [9.17, 15) is 9.90 Å². The van der Waals surface area contributed by atoms with Crippen LogP contribution in [0.25, 0.3) is 6.08 Å². The Bertz CT molecular complexity index is 702. The molecule has 0 fully saturated rings. The molecule has 24 heavy (non-hydrogen) atoms. The van der Waals surface area contributed by atoms with Gasteiger partial charge in [0.05, 0.1) is 0 Å². The Morgan fingerprint density at radius 2 is 1.88 bits per heavy atom. The highest BCUT2D eigenvalue weighted by Crippen LogP contribution is 2.46. The van der Waals surface area contributed by atoms with Crippen molar-refractivity contribution in [2.24, 2.45) is 0 Å². The predicted molar refractivity (Wildman–Crippen MR) is 99.0 cm³/mol. The normalized spacial score (nSPS) is 14.5. The first-order valence-electron chi connectivity index (χ1n) is 7.88. The van der Waals surface area contributed by atoms with E-state index in [1.54, 1.807) is 13.1 Å². The van der Waals surface area contributed by atoms with Gasteiger partial charge in [-0.15, -0.1) is 11.6 Å². The van der Waals surface area contributed by atoms with Crippen LogP contribution in [-0.4, -0.2) is 24.7 Å². The van der Waals surface area contributed by atoms with Gasteiger partial charge in [-0.3, -0.25) is 4.79 Å². The highest BCUT2D eigenvalue weighted by Gasteiger charge is 2.46. The maximum atomic E-state index is 12.8. The Morgan fingerprint density at radius 1 is 1.25 bits per heavy atom. The number of hydrogen-bond acceptors (Lipinski definition) is 2. The van der Waals surface area contributed by atoms with Crippen molar-refractivity contribution in [3.63, 3.8) is 0 Å².